The molecule has 0 aromatic carbocycles. The van der Waals surface area contributed by atoms with E-state index in [0.29, 0.717) is 0 Å². The fraction of sp³-hybridized carbons (Fsp3) is 0.800. The van der Waals surface area contributed by atoms with Gasteiger partial charge < -0.3 is 5.11 Å². The first-order valence-electron chi connectivity index (χ1n) is 4.03. The van der Waals surface area contributed by atoms with E-state index in [4.69, 9.17) is 0 Å². The smallest absolute Gasteiger partial charge is 0.0673 e. The van der Waals surface area contributed by atoms with Crippen LogP contribution in [0.5, 0.6) is 0 Å². The summed E-state index contributed by atoms with van der Waals surface area (Å²) in [6, 6.07) is 0. The summed E-state index contributed by atoms with van der Waals surface area (Å²) >= 11 is 0. The third kappa shape index (κ3) is 2.66. The van der Waals surface area contributed by atoms with Crippen molar-refractivity contribution < 1.29 is 5.11 Å². The van der Waals surface area contributed by atoms with Crippen molar-refractivity contribution in [3.63, 3.8) is 0 Å². The first-order chi connectivity index (χ1) is 4.72. The van der Waals surface area contributed by atoms with E-state index in [1.165, 1.54) is 0 Å². The summed E-state index contributed by atoms with van der Waals surface area (Å²) in [6.45, 7) is 13.8. The Labute approximate surface area is 70.1 Å². The van der Waals surface area contributed by atoms with Crippen LogP contribution in [0, 0.1) is 10.8 Å². The molecule has 0 rings (SSSR count). The Kier molecular flexibility index (Phi) is 2.90. The molecule has 0 aromatic heterocycles. The van der Waals surface area contributed by atoms with Crippen molar-refractivity contribution in [2.24, 2.45) is 10.8 Å². The molecule has 0 heterocycles. The number of hydrogen-bond donors (Lipinski definition) is 1. The molecule has 0 aliphatic heterocycles. The zero-order valence-electron chi connectivity index (χ0n) is 8.31. The van der Waals surface area contributed by atoms with E-state index in [2.05, 4.69) is 6.58 Å². The van der Waals surface area contributed by atoms with E-state index in [9.17, 15) is 5.11 Å². The van der Waals surface area contributed by atoms with Crippen LogP contribution in [0.3, 0.4) is 0 Å². The summed E-state index contributed by atoms with van der Waals surface area (Å²) in [6.07, 6.45) is 1.47. The van der Waals surface area contributed by atoms with Crippen LogP contribution in [0.4, 0.5) is 0 Å². The lowest BCUT2D eigenvalue weighted by Crippen LogP contribution is -2.38. The maximum Gasteiger partial charge on any atom is 0.0673 e. The second kappa shape index (κ2) is 2.98. The maximum absolute atomic E-state index is 9.84. The lowest BCUT2D eigenvalue weighted by molar-refractivity contribution is -0.00874. The third-order valence-electron chi connectivity index (χ3n) is 2.05. The monoisotopic (exact) mass is 156 g/mol. The summed E-state index contributed by atoms with van der Waals surface area (Å²) in [4.78, 5) is 0. The van der Waals surface area contributed by atoms with Gasteiger partial charge in [-0.25, -0.2) is 0 Å². The molecule has 0 saturated heterocycles. The Hall–Kier alpha value is -0.300. The van der Waals surface area contributed by atoms with Gasteiger partial charge in [-0.05, 0) is 5.41 Å². The van der Waals surface area contributed by atoms with E-state index in [0.717, 1.165) is 0 Å². The largest absolute Gasteiger partial charge is 0.392 e. The molecule has 0 unspecified atom stereocenters. The molecule has 0 aliphatic rings. The molecular weight excluding hydrogens is 136 g/mol. The van der Waals surface area contributed by atoms with E-state index >= 15 is 0 Å². The predicted octanol–water partition coefficient (Wildman–Crippen LogP) is 2.61. The molecule has 0 radical (unpaired) electrons. The average Bonchev–Trinajstić information content (AvgIpc) is 1.84. The molecule has 1 heteroatoms. The number of rotatable bonds is 2. The molecule has 0 aromatic rings. The first-order valence-corrected chi connectivity index (χ1v) is 4.03. The van der Waals surface area contributed by atoms with Gasteiger partial charge in [0.2, 0.25) is 0 Å². The summed E-state index contributed by atoms with van der Waals surface area (Å²) in [5.41, 5.74) is -0.268. The van der Waals surface area contributed by atoms with Gasteiger partial charge in [0.15, 0.2) is 0 Å². The fourth-order valence-electron chi connectivity index (χ4n) is 1.23. The van der Waals surface area contributed by atoms with Crippen LogP contribution in [-0.4, -0.2) is 11.2 Å². The molecule has 0 aliphatic carbocycles. The lowest BCUT2D eigenvalue weighted by Gasteiger charge is -2.36. The molecule has 11 heavy (non-hydrogen) atoms. The quantitative estimate of drug-likeness (QED) is 0.609. The Balaban J connectivity index is 4.48. The van der Waals surface area contributed by atoms with E-state index < -0.39 is 0 Å². The van der Waals surface area contributed by atoms with Gasteiger partial charge in [-0.2, -0.15) is 0 Å². The zero-order valence-corrected chi connectivity index (χ0v) is 8.31. The fourth-order valence-corrected chi connectivity index (χ4v) is 1.23. The Morgan fingerprint density at radius 3 is 1.64 bits per heavy atom. The molecular formula is C10H20O. The second-order valence-electron chi connectivity index (χ2n) is 4.79. The number of aliphatic hydroxyl groups is 1. The van der Waals surface area contributed by atoms with Crippen LogP contribution in [0.25, 0.3) is 0 Å². The van der Waals surface area contributed by atoms with Crippen molar-refractivity contribution in [1.82, 2.24) is 0 Å². The predicted molar refractivity (Wildman–Crippen MR) is 49.4 cm³/mol. The van der Waals surface area contributed by atoms with Crippen LogP contribution in [0.1, 0.15) is 34.6 Å². The topological polar surface area (TPSA) is 20.2 Å². The van der Waals surface area contributed by atoms with Gasteiger partial charge in [-0.1, -0.05) is 40.7 Å². The van der Waals surface area contributed by atoms with Crippen molar-refractivity contribution >= 4 is 0 Å². The zero-order chi connectivity index (χ0) is 9.28. The minimum atomic E-state index is -0.340. The van der Waals surface area contributed by atoms with Crippen molar-refractivity contribution in [3.05, 3.63) is 12.7 Å². The van der Waals surface area contributed by atoms with Crippen LogP contribution < -0.4 is 0 Å². The molecule has 1 N–H and O–H groups in total. The highest BCUT2D eigenvalue weighted by Gasteiger charge is 2.33. The molecule has 0 amide bonds. The van der Waals surface area contributed by atoms with E-state index in [1.54, 1.807) is 0 Å². The Morgan fingerprint density at radius 2 is 1.55 bits per heavy atom. The van der Waals surface area contributed by atoms with Gasteiger partial charge in [0.1, 0.15) is 0 Å². The highest BCUT2D eigenvalue weighted by Crippen LogP contribution is 2.34. The van der Waals surface area contributed by atoms with Crippen molar-refractivity contribution in [3.8, 4) is 0 Å². The molecule has 1 nitrogen and oxygen atoms in total. The van der Waals surface area contributed by atoms with Crippen molar-refractivity contribution in [2.75, 3.05) is 0 Å². The lowest BCUT2D eigenvalue weighted by atomic mass is 9.73. The highest BCUT2D eigenvalue weighted by molar-refractivity contribution is 4.97. The summed E-state index contributed by atoms with van der Waals surface area (Å²) in [5.74, 6) is 0. The maximum atomic E-state index is 9.84. The summed E-state index contributed by atoms with van der Waals surface area (Å²) in [7, 11) is 0. The van der Waals surface area contributed by atoms with Gasteiger partial charge >= 0.3 is 0 Å². The standard InChI is InChI=1S/C10H20O/c1-7-10(5,6)8(11)9(2,3)4/h7-8,11H,1H2,2-6H3/t8-/m1/s1. The van der Waals surface area contributed by atoms with Crippen LogP contribution in [0.15, 0.2) is 12.7 Å². The van der Waals surface area contributed by atoms with Gasteiger partial charge in [-0.15, -0.1) is 6.58 Å². The second-order valence-corrected chi connectivity index (χ2v) is 4.79. The first kappa shape index (κ1) is 10.7. The summed E-state index contributed by atoms with van der Waals surface area (Å²) in [5, 5.41) is 9.84. The SMILES string of the molecule is C=CC(C)(C)[C@H](O)C(C)(C)C. The number of aliphatic hydroxyl groups excluding tert-OH is 1. The molecule has 0 fully saturated rings. The highest BCUT2D eigenvalue weighted by atomic mass is 16.3. The Bertz CT molecular complexity index is 139. The molecule has 66 valence electrons. The molecule has 1 atom stereocenters. The third-order valence-corrected chi connectivity index (χ3v) is 2.05. The molecule has 0 saturated carbocycles. The van der Waals surface area contributed by atoms with Gasteiger partial charge in [0, 0.05) is 5.41 Å². The van der Waals surface area contributed by atoms with E-state index in [-0.39, 0.29) is 16.9 Å². The normalized spacial score (nSPS) is 16.2. The molecule has 0 spiro atoms. The minimum Gasteiger partial charge on any atom is -0.392 e. The van der Waals surface area contributed by atoms with Crippen molar-refractivity contribution in [2.45, 2.75) is 40.7 Å². The van der Waals surface area contributed by atoms with Crippen molar-refractivity contribution in [1.29, 1.82) is 0 Å². The van der Waals surface area contributed by atoms with Crippen LogP contribution in [-0.2, 0) is 0 Å². The molecule has 0 bridgehead atoms. The number of hydrogen-bond acceptors (Lipinski definition) is 1. The van der Waals surface area contributed by atoms with Crippen LogP contribution >= 0.6 is 0 Å². The minimum absolute atomic E-state index is 0.0717. The summed E-state index contributed by atoms with van der Waals surface area (Å²) < 4.78 is 0. The Morgan fingerprint density at radius 1 is 1.18 bits per heavy atom. The van der Waals surface area contributed by atoms with Crippen LogP contribution in [0.2, 0.25) is 0 Å². The average molecular weight is 156 g/mol. The van der Waals surface area contributed by atoms with Gasteiger partial charge in [0.25, 0.3) is 0 Å². The van der Waals surface area contributed by atoms with Gasteiger partial charge in [0.05, 0.1) is 6.10 Å². The van der Waals surface area contributed by atoms with Gasteiger partial charge in [-0.3, -0.25) is 0 Å². The van der Waals surface area contributed by atoms with E-state index in [1.807, 2.05) is 40.7 Å².